The number of fused-ring (bicyclic) bond motifs is 2. The van der Waals surface area contributed by atoms with Gasteiger partial charge in [-0.15, -0.1) is 6.42 Å². The molecule has 0 saturated carbocycles. The standard InChI is InChI=1S/C53H81N13O13S2/c1-2-18-56-42(67)17-22-77-24-26-79-27-25-78-23-21-59-53(76)60-35-29-33(47(70)57-19-9-7-11-36(49(72)73)61-43(68)15-5-3-13-40-45-38(31-80-40)63-51(54)65-45)28-34(30-35)48(71)58-20-10-8-12-37(50(74)75)62-44(69)16-6-4-14-41-46-39(32-81-41)64-52(55)66-46/h1,28-30,36-41,45-46H,3-27,31-32H2,(H,56,67)(H,57,70)(H,58,71)(H,61,68)(H,62,69)(H,72,73)(H,74,75)(H3,54,63,65)(H3,55,64,66)(H2,59,60,76). The Hall–Kier alpha value is -6.54. The molecule has 4 saturated heterocycles. The molecule has 4 aliphatic rings. The van der Waals surface area contributed by atoms with Crippen LogP contribution in [0.3, 0.4) is 0 Å². The first-order chi connectivity index (χ1) is 39.1. The molecule has 28 heteroatoms. The number of ether oxygens (including phenoxy) is 3. The number of aliphatic carboxylic acids is 2. The second-order valence-corrected chi connectivity index (χ2v) is 22.5. The van der Waals surface area contributed by atoms with Crippen molar-refractivity contribution in [2.45, 2.75) is 143 Å². The highest BCUT2D eigenvalue weighted by Crippen LogP contribution is 2.34. The van der Waals surface area contributed by atoms with Gasteiger partial charge in [0, 0.05) is 77.7 Å². The van der Waals surface area contributed by atoms with Gasteiger partial charge in [0.1, 0.15) is 12.1 Å². The number of benzene rings is 1. The zero-order valence-electron chi connectivity index (χ0n) is 45.7. The lowest BCUT2D eigenvalue weighted by Crippen LogP contribution is -2.40. The van der Waals surface area contributed by atoms with Crippen LogP contribution in [-0.2, 0) is 38.2 Å². The largest absolute Gasteiger partial charge is 0.480 e. The molecular weight excluding hydrogens is 1090 g/mol. The molecule has 8 unspecified atom stereocenters. The number of carboxylic acids is 2. The second kappa shape index (κ2) is 36.0. The highest BCUT2D eigenvalue weighted by molar-refractivity contribution is 8.00. The Balaban J connectivity index is 1.03. The summed E-state index contributed by atoms with van der Waals surface area (Å²) in [6.45, 7) is 1.99. The Morgan fingerprint density at radius 3 is 1.54 bits per heavy atom. The van der Waals surface area contributed by atoms with Crippen molar-refractivity contribution in [3.63, 3.8) is 0 Å². The Morgan fingerprint density at radius 2 is 1.06 bits per heavy atom. The number of terminal acetylenes is 1. The van der Waals surface area contributed by atoms with E-state index in [1.54, 1.807) is 0 Å². The molecule has 7 amide bonds. The lowest BCUT2D eigenvalue weighted by molar-refractivity contribution is -0.142. The lowest BCUT2D eigenvalue weighted by Gasteiger charge is -2.17. The minimum absolute atomic E-state index is 0.0468. The van der Waals surface area contributed by atoms with E-state index in [2.05, 4.69) is 64.4 Å². The molecule has 8 atom stereocenters. The van der Waals surface area contributed by atoms with Crippen LogP contribution in [0.1, 0.15) is 117 Å². The normalized spacial score (nSPS) is 20.1. The number of hydrogen-bond donors (Lipinski definition) is 15. The number of nitrogens with one attached hydrogen (secondary N) is 13. The van der Waals surface area contributed by atoms with E-state index in [1.807, 2.05) is 23.5 Å². The summed E-state index contributed by atoms with van der Waals surface area (Å²) in [5, 5.41) is 67.2. The average Bonchev–Trinajstić information content (AvgIpc) is 4.29. The van der Waals surface area contributed by atoms with Crippen LogP contribution >= 0.6 is 23.5 Å². The predicted octanol–water partition coefficient (Wildman–Crippen LogP) is 1.02. The minimum atomic E-state index is -1.16. The van der Waals surface area contributed by atoms with Gasteiger partial charge < -0.3 is 82.9 Å². The molecule has 0 aliphatic carbocycles. The van der Waals surface area contributed by atoms with Crippen LogP contribution < -0.4 is 58.5 Å². The molecule has 0 spiro atoms. The summed E-state index contributed by atoms with van der Waals surface area (Å²) >= 11 is 3.69. The van der Waals surface area contributed by atoms with Gasteiger partial charge in [-0.05, 0) is 82.4 Å². The molecule has 1 aromatic rings. The van der Waals surface area contributed by atoms with E-state index >= 15 is 0 Å². The minimum Gasteiger partial charge on any atom is -0.480 e. The fraction of sp³-hybridized carbons (Fsp3) is 0.660. The quantitative estimate of drug-likeness (QED) is 0.0322. The van der Waals surface area contributed by atoms with Gasteiger partial charge in [-0.25, -0.2) is 14.4 Å². The summed E-state index contributed by atoms with van der Waals surface area (Å²) in [6, 6.07) is 2.16. The lowest BCUT2D eigenvalue weighted by atomic mass is 10.0. The van der Waals surface area contributed by atoms with Crippen molar-refractivity contribution in [2.75, 3.05) is 82.6 Å². The van der Waals surface area contributed by atoms with Gasteiger partial charge in [-0.3, -0.25) is 34.8 Å². The van der Waals surface area contributed by atoms with Crippen LogP contribution in [0, 0.1) is 23.2 Å². The van der Waals surface area contributed by atoms with Crippen LogP contribution in [0.2, 0.25) is 0 Å². The van der Waals surface area contributed by atoms with E-state index in [-0.39, 0.29) is 157 Å². The van der Waals surface area contributed by atoms with Gasteiger partial charge in [-0.2, -0.15) is 23.5 Å². The third kappa shape index (κ3) is 24.2. The molecule has 5 rings (SSSR count). The van der Waals surface area contributed by atoms with E-state index < -0.39 is 41.9 Å². The van der Waals surface area contributed by atoms with Crippen LogP contribution in [0.4, 0.5) is 10.5 Å². The maximum absolute atomic E-state index is 13.5. The summed E-state index contributed by atoms with van der Waals surface area (Å²) in [6.07, 6.45) is 11.9. The third-order valence-corrected chi connectivity index (χ3v) is 16.8. The predicted molar refractivity (Wildman–Crippen MR) is 306 cm³/mol. The number of thioether (sulfide) groups is 2. The number of amides is 7. The molecule has 4 aliphatic heterocycles. The summed E-state index contributed by atoms with van der Waals surface area (Å²) in [7, 11) is 0. The number of urea groups is 1. The Bertz CT molecular complexity index is 2230. The highest BCUT2D eigenvalue weighted by atomic mass is 32.2. The Kier molecular flexibility index (Phi) is 29.0. The molecule has 0 radical (unpaired) electrons. The number of guanidine groups is 2. The maximum atomic E-state index is 13.5. The topological polar surface area (TPSA) is 385 Å². The first-order valence-corrected chi connectivity index (χ1v) is 29.9. The molecular formula is C53H81N13O13S2. The number of carbonyl (C=O) groups is 8. The maximum Gasteiger partial charge on any atom is 0.326 e. The van der Waals surface area contributed by atoms with Crippen LogP contribution in [0.25, 0.3) is 0 Å². The van der Waals surface area contributed by atoms with E-state index in [0.717, 1.165) is 37.2 Å². The van der Waals surface area contributed by atoms with Crippen molar-refractivity contribution in [1.29, 1.82) is 10.8 Å². The van der Waals surface area contributed by atoms with Crippen LogP contribution in [0.15, 0.2) is 18.2 Å². The van der Waals surface area contributed by atoms with Gasteiger partial charge in [-0.1, -0.05) is 18.8 Å². The molecule has 4 fully saturated rings. The fourth-order valence-electron chi connectivity index (χ4n) is 9.53. The molecule has 0 bridgehead atoms. The number of unbranched alkanes of at least 4 members (excludes halogenated alkanes) is 4. The van der Waals surface area contributed by atoms with Crippen molar-refractivity contribution < 1.29 is 62.8 Å². The zero-order valence-corrected chi connectivity index (χ0v) is 47.4. The monoisotopic (exact) mass is 1170 g/mol. The van der Waals surface area contributed by atoms with Crippen molar-refractivity contribution >= 4 is 88.6 Å². The van der Waals surface area contributed by atoms with Gasteiger partial charge in [0.25, 0.3) is 11.8 Å². The molecule has 4 heterocycles. The zero-order chi connectivity index (χ0) is 58.4. The van der Waals surface area contributed by atoms with Gasteiger partial charge in [0.05, 0.1) is 70.4 Å². The molecule has 1 aromatic carbocycles. The van der Waals surface area contributed by atoms with Crippen molar-refractivity contribution in [2.24, 2.45) is 0 Å². The first kappa shape index (κ1) is 65.3. The molecule has 15 N–H and O–H groups in total. The third-order valence-electron chi connectivity index (χ3n) is 13.7. The summed E-state index contributed by atoms with van der Waals surface area (Å²) in [4.78, 5) is 101. The van der Waals surface area contributed by atoms with E-state index in [0.29, 0.717) is 60.9 Å². The van der Waals surface area contributed by atoms with Crippen molar-refractivity contribution in [1.82, 2.24) is 53.2 Å². The van der Waals surface area contributed by atoms with E-state index in [9.17, 15) is 48.6 Å². The highest BCUT2D eigenvalue weighted by Gasteiger charge is 2.42. The van der Waals surface area contributed by atoms with E-state index in [1.165, 1.54) is 18.2 Å². The number of carboxylic acid groups (broad SMARTS) is 2. The van der Waals surface area contributed by atoms with Crippen LogP contribution in [0.5, 0.6) is 0 Å². The fourth-order valence-corrected chi connectivity index (χ4v) is 12.6. The molecule has 26 nitrogen and oxygen atoms in total. The Morgan fingerprint density at radius 1 is 0.580 bits per heavy atom. The smallest absolute Gasteiger partial charge is 0.326 e. The number of rotatable bonds is 40. The summed E-state index contributed by atoms with van der Waals surface area (Å²) in [5.41, 5.74) is 0.220. The van der Waals surface area contributed by atoms with E-state index in [4.69, 9.17) is 31.5 Å². The molecule has 448 valence electrons. The average molecular weight is 1170 g/mol. The molecule has 81 heavy (non-hydrogen) atoms. The number of anilines is 1. The number of carbonyl (C=O) groups excluding carboxylic acids is 6. The molecule has 0 aromatic heterocycles. The van der Waals surface area contributed by atoms with Crippen molar-refractivity contribution in [3.05, 3.63) is 29.3 Å². The SMILES string of the molecule is C#CCNC(=O)CCOCCOCCOCCNC(=O)Nc1cc(C(=O)NCCCCC(NC(=O)CCCCC2SCC3NC(=N)NC32)C(=O)O)cc(C(=O)NCCCCC(NC(=O)CCCCC2SCC3NC(=N)NC32)C(=O)O)c1. The number of hydrogen-bond acceptors (Lipinski definition) is 15. The summed E-state index contributed by atoms with van der Waals surface area (Å²) < 4.78 is 16.3. The van der Waals surface area contributed by atoms with Gasteiger partial charge in [0.15, 0.2) is 11.9 Å². The van der Waals surface area contributed by atoms with Crippen molar-refractivity contribution in [3.8, 4) is 12.3 Å². The van der Waals surface area contributed by atoms with Gasteiger partial charge >= 0.3 is 18.0 Å². The van der Waals surface area contributed by atoms with Gasteiger partial charge in [0.2, 0.25) is 17.7 Å². The summed E-state index contributed by atoms with van der Waals surface area (Å²) in [5.74, 6) is 0.466. The Labute approximate surface area is 480 Å². The van der Waals surface area contributed by atoms with Crippen LogP contribution in [-0.4, -0.2) is 194 Å². The first-order valence-electron chi connectivity index (χ1n) is 27.8. The second-order valence-electron chi connectivity index (χ2n) is 20.0.